The van der Waals surface area contributed by atoms with E-state index < -0.39 is 12.1 Å². The van der Waals surface area contributed by atoms with Crippen molar-refractivity contribution in [2.24, 2.45) is 23.7 Å². The summed E-state index contributed by atoms with van der Waals surface area (Å²) in [5.74, 6) is -0.927. The molecule has 1 saturated heterocycles. The van der Waals surface area contributed by atoms with Gasteiger partial charge in [0.05, 0.1) is 5.92 Å². The third kappa shape index (κ3) is 4.04. The van der Waals surface area contributed by atoms with Crippen LogP contribution in [0.15, 0.2) is 48.5 Å². The summed E-state index contributed by atoms with van der Waals surface area (Å²) in [6.45, 7) is 5.14. The quantitative estimate of drug-likeness (QED) is 0.654. The van der Waals surface area contributed by atoms with E-state index in [-0.39, 0.29) is 54.6 Å². The molecule has 2 aromatic carbocycles. The number of carboxylic acid groups (broad SMARTS) is 1. The van der Waals surface area contributed by atoms with Crippen LogP contribution in [0.4, 0.5) is 4.79 Å². The second-order valence-electron chi connectivity index (χ2n) is 10.0. The molecule has 4 atom stereocenters. The molecule has 3 aliphatic rings. The van der Waals surface area contributed by atoms with Crippen LogP contribution in [0, 0.1) is 23.7 Å². The van der Waals surface area contributed by atoms with Gasteiger partial charge in [0, 0.05) is 31.5 Å². The van der Waals surface area contributed by atoms with E-state index in [0.717, 1.165) is 11.1 Å². The van der Waals surface area contributed by atoms with Gasteiger partial charge in [-0.05, 0) is 40.0 Å². The number of hydrogen-bond donors (Lipinski definition) is 2. The number of nitrogens with one attached hydrogen (secondary N) is 1. The van der Waals surface area contributed by atoms with Gasteiger partial charge in [0.25, 0.3) is 0 Å². The van der Waals surface area contributed by atoms with Crippen LogP contribution in [0.5, 0.6) is 0 Å². The Labute approximate surface area is 199 Å². The van der Waals surface area contributed by atoms with Crippen LogP contribution in [0.3, 0.4) is 0 Å². The molecule has 2 aliphatic carbocycles. The van der Waals surface area contributed by atoms with E-state index >= 15 is 0 Å². The van der Waals surface area contributed by atoms with E-state index in [4.69, 9.17) is 4.74 Å². The second-order valence-corrected chi connectivity index (χ2v) is 10.0. The van der Waals surface area contributed by atoms with Crippen molar-refractivity contribution in [3.8, 4) is 11.1 Å². The number of ether oxygens (including phenoxy) is 1. The van der Waals surface area contributed by atoms with Gasteiger partial charge in [0.2, 0.25) is 5.91 Å². The number of carbonyl (C=O) groups is 3. The predicted molar refractivity (Wildman–Crippen MR) is 126 cm³/mol. The number of hydrogen-bond acceptors (Lipinski definition) is 4. The van der Waals surface area contributed by atoms with Crippen molar-refractivity contribution in [3.63, 3.8) is 0 Å². The number of piperidine rings is 1. The van der Waals surface area contributed by atoms with Crippen molar-refractivity contribution in [1.29, 1.82) is 0 Å². The fourth-order valence-electron chi connectivity index (χ4n) is 5.66. The molecule has 0 bridgehead atoms. The highest BCUT2D eigenvalue weighted by Crippen LogP contribution is 2.51. The van der Waals surface area contributed by atoms with Crippen molar-refractivity contribution in [2.45, 2.75) is 32.2 Å². The maximum Gasteiger partial charge on any atom is 0.407 e. The summed E-state index contributed by atoms with van der Waals surface area (Å²) in [4.78, 5) is 38.4. The van der Waals surface area contributed by atoms with Gasteiger partial charge in [0.15, 0.2) is 0 Å². The van der Waals surface area contributed by atoms with Crippen molar-refractivity contribution >= 4 is 18.0 Å². The van der Waals surface area contributed by atoms with E-state index in [1.54, 1.807) is 4.90 Å². The fraction of sp³-hybridized carbons (Fsp3) is 0.444. The molecule has 1 aliphatic heterocycles. The molecule has 178 valence electrons. The largest absolute Gasteiger partial charge is 0.481 e. The third-order valence-electron chi connectivity index (χ3n) is 7.68. The highest BCUT2D eigenvalue weighted by Gasteiger charge is 2.60. The van der Waals surface area contributed by atoms with Gasteiger partial charge in [-0.1, -0.05) is 62.4 Å². The maximum absolute atomic E-state index is 12.8. The van der Waals surface area contributed by atoms with Crippen LogP contribution < -0.4 is 5.32 Å². The van der Waals surface area contributed by atoms with Gasteiger partial charge in [-0.3, -0.25) is 9.59 Å². The SMILES string of the molecule is CC(C)[C@@H](CC(=O)N1C[C@@H]2C(C(=O)O)[C@@H]2C1)NC(=O)OCC1c2ccccc2-c2ccccc21. The number of likely N-dealkylation sites (tertiary alicyclic amines) is 1. The molecule has 2 amide bonds. The molecular formula is C27H30N2O5. The molecular weight excluding hydrogens is 432 g/mol. The zero-order chi connectivity index (χ0) is 24.0. The molecule has 1 heterocycles. The van der Waals surface area contributed by atoms with E-state index in [0.29, 0.717) is 13.1 Å². The number of alkyl carbamates (subject to hydrolysis) is 1. The minimum absolute atomic E-state index is 0.0178. The summed E-state index contributed by atoms with van der Waals surface area (Å²) in [5.41, 5.74) is 4.65. The van der Waals surface area contributed by atoms with Crippen LogP contribution in [0.2, 0.25) is 0 Å². The molecule has 0 spiro atoms. The maximum atomic E-state index is 12.8. The van der Waals surface area contributed by atoms with Crippen molar-refractivity contribution in [3.05, 3.63) is 59.7 Å². The lowest BCUT2D eigenvalue weighted by molar-refractivity contribution is -0.141. The molecule has 0 radical (unpaired) electrons. The highest BCUT2D eigenvalue weighted by atomic mass is 16.5. The predicted octanol–water partition coefficient (Wildman–Crippen LogP) is 3.73. The summed E-state index contributed by atoms with van der Waals surface area (Å²) in [6, 6.07) is 16.0. The zero-order valence-electron chi connectivity index (χ0n) is 19.4. The molecule has 1 unspecified atom stereocenters. The molecule has 2 aromatic rings. The molecule has 1 saturated carbocycles. The summed E-state index contributed by atoms with van der Waals surface area (Å²) in [6.07, 6.45) is -0.345. The Bertz CT molecular complexity index is 1070. The Hall–Kier alpha value is -3.35. The number of benzene rings is 2. The Morgan fingerprint density at radius 1 is 1.00 bits per heavy atom. The van der Waals surface area contributed by atoms with E-state index in [1.165, 1.54) is 11.1 Å². The Kier molecular flexibility index (Phi) is 5.80. The molecule has 2 fully saturated rings. The van der Waals surface area contributed by atoms with Crippen LogP contribution in [-0.4, -0.2) is 53.7 Å². The first-order chi connectivity index (χ1) is 16.3. The molecule has 7 heteroatoms. The highest BCUT2D eigenvalue weighted by molar-refractivity contribution is 5.81. The number of fused-ring (bicyclic) bond motifs is 4. The smallest absolute Gasteiger partial charge is 0.407 e. The normalized spacial score (nSPS) is 23.1. The van der Waals surface area contributed by atoms with Crippen LogP contribution >= 0.6 is 0 Å². The molecule has 5 rings (SSSR count). The first kappa shape index (κ1) is 22.4. The minimum Gasteiger partial charge on any atom is -0.481 e. The van der Waals surface area contributed by atoms with E-state index in [2.05, 4.69) is 29.6 Å². The van der Waals surface area contributed by atoms with Gasteiger partial charge in [-0.25, -0.2) is 4.79 Å². The Morgan fingerprint density at radius 3 is 2.09 bits per heavy atom. The Balaban J connectivity index is 1.17. The summed E-state index contributed by atoms with van der Waals surface area (Å²) in [5, 5.41) is 12.1. The van der Waals surface area contributed by atoms with Crippen LogP contribution in [-0.2, 0) is 14.3 Å². The van der Waals surface area contributed by atoms with Crippen molar-refractivity contribution < 1.29 is 24.2 Å². The number of carboxylic acids is 1. The van der Waals surface area contributed by atoms with Crippen LogP contribution in [0.1, 0.15) is 37.3 Å². The van der Waals surface area contributed by atoms with Crippen molar-refractivity contribution in [2.75, 3.05) is 19.7 Å². The molecule has 0 aromatic heterocycles. The summed E-state index contributed by atoms with van der Waals surface area (Å²) in [7, 11) is 0. The van der Waals surface area contributed by atoms with Crippen LogP contribution in [0.25, 0.3) is 11.1 Å². The first-order valence-corrected chi connectivity index (χ1v) is 12.0. The lowest BCUT2D eigenvalue weighted by Crippen LogP contribution is -2.44. The number of aliphatic carboxylic acids is 1. The van der Waals surface area contributed by atoms with E-state index in [1.807, 2.05) is 38.1 Å². The topological polar surface area (TPSA) is 95.9 Å². The third-order valence-corrected chi connectivity index (χ3v) is 7.68. The standard InChI is InChI=1S/C27H30N2O5/c1-15(2)23(11-24(30)29-12-20-21(13-29)25(20)26(31)32)28-27(33)34-14-22-18-9-5-3-7-16(18)17-8-4-6-10-19(17)22/h3-10,15,20-23,25H,11-14H2,1-2H3,(H,28,33)(H,31,32)/t20-,21+,23-,25?/m1/s1. The summed E-state index contributed by atoms with van der Waals surface area (Å²) >= 11 is 0. The fourth-order valence-corrected chi connectivity index (χ4v) is 5.66. The first-order valence-electron chi connectivity index (χ1n) is 12.0. The average molecular weight is 463 g/mol. The Morgan fingerprint density at radius 2 is 1.56 bits per heavy atom. The number of amides is 2. The van der Waals surface area contributed by atoms with Crippen molar-refractivity contribution in [1.82, 2.24) is 10.2 Å². The van der Waals surface area contributed by atoms with Gasteiger partial charge in [0.1, 0.15) is 6.61 Å². The monoisotopic (exact) mass is 462 g/mol. The van der Waals surface area contributed by atoms with Gasteiger partial charge in [-0.2, -0.15) is 0 Å². The lowest BCUT2D eigenvalue weighted by atomic mass is 9.98. The number of nitrogens with zero attached hydrogens (tertiary/aromatic N) is 1. The molecule has 7 nitrogen and oxygen atoms in total. The lowest BCUT2D eigenvalue weighted by Gasteiger charge is -2.26. The number of rotatable bonds is 7. The molecule has 2 N–H and O–H groups in total. The zero-order valence-corrected chi connectivity index (χ0v) is 19.4. The van der Waals surface area contributed by atoms with Gasteiger partial charge >= 0.3 is 12.1 Å². The second kappa shape index (κ2) is 8.78. The van der Waals surface area contributed by atoms with Gasteiger partial charge < -0.3 is 20.1 Å². The van der Waals surface area contributed by atoms with Gasteiger partial charge in [-0.15, -0.1) is 0 Å². The van der Waals surface area contributed by atoms with E-state index in [9.17, 15) is 19.5 Å². The number of carbonyl (C=O) groups excluding carboxylic acids is 2. The average Bonchev–Trinajstić information content (AvgIpc) is 3.17. The minimum atomic E-state index is -0.765. The summed E-state index contributed by atoms with van der Waals surface area (Å²) < 4.78 is 5.65. The molecule has 34 heavy (non-hydrogen) atoms.